The van der Waals surface area contributed by atoms with Gasteiger partial charge in [-0.2, -0.15) is 0 Å². The Balaban J connectivity index is 1.44. The van der Waals surface area contributed by atoms with Gasteiger partial charge in [-0.1, -0.05) is 35.9 Å². The Morgan fingerprint density at radius 1 is 1.06 bits per heavy atom. The van der Waals surface area contributed by atoms with Crippen LogP contribution in [0.5, 0.6) is 0 Å². The number of fused-ring (bicyclic) bond motifs is 1. The summed E-state index contributed by atoms with van der Waals surface area (Å²) < 4.78 is 0. The van der Waals surface area contributed by atoms with Crippen molar-refractivity contribution >= 4 is 22.5 Å². The number of aryl methyl sites for hydroxylation is 1. The van der Waals surface area contributed by atoms with Crippen molar-refractivity contribution in [3.63, 3.8) is 0 Å². The van der Waals surface area contributed by atoms with E-state index < -0.39 is 0 Å². The van der Waals surface area contributed by atoms with Crippen LogP contribution in [-0.4, -0.2) is 22.6 Å². The molecule has 4 rings (SSSR count). The van der Waals surface area contributed by atoms with Gasteiger partial charge in [0.2, 0.25) is 5.91 Å². The molecule has 3 aromatic rings. The van der Waals surface area contributed by atoms with Gasteiger partial charge in [-0.25, -0.2) is 0 Å². The van der Waals surface area contributed by atoms with Crippen molar-refractivity contribution < 1.29 is 9.90 Å². The standard InChI is InChI=1S/C27H32N2O2/c1-19-8-14-22(15-9-19)29-27(31)24(6-4-18-30)21-12-10-20(11-13-21)23-16-17-28-26-7-3-2-5-25(23)26/h2-3,5,7-9,14-17,20-21,24,30H,4,6,10-13,18H2,1H3,(H,29,31)/t20-,21+,24-/m1/s1. The van der Waals surface area contributed by atoms with Gasteiger partial charge >= 0.3 is 0 Å². The predicted molar refractivity (Wildman–Crippen MR) is 126 cm³/mol. The second-order valence-electron chi connectivity index (χ2n) is 8.86. The molecule has 1 amide bonds. The molecular weight excluding hydrogens is 384 g/mol. The second kappa shape index (κ2) is 10.1. The van der Waals surface area contributed by atoms with Crippen molar-refractivity contribution in [1.29, 1.82) is 0 Å². The number of rotatable bonds is 7. The summed E-state index contributed by atoms with van der Waals surface area (Å²) in [4.78, 5) is 17.6. The van der Waals surface area contributed by atoms with Gasteiger partial charge in [0.05, 0.1) is 5.52 Å². The highest BCUT2D eigenvalue weighted by molar-refractivity contribution is 5.92. The molecule has 1 saturated carbocycles. The molecule has 2 N–H and O–H groups in total. The first-order valence-electron chi connectivity index (χ1n) is 11.5. The summed E-state index contributed by atoms with van der Waals surface area (Å²) in [7, 11) is 0. The largest absolute Gasteiger partial charge is 0.396 e. The Kier molecular flexibility index (Phi) is 6.98. The van der Waals surface area contributed by atoms with Crippen molar-refractivity contribution in [3.8, 4) is 0 Å². The molecule has 0 unspecified atom stereocenters. The van der Waals surface area contributed by atoms with E-state index >= 15 is 0 Å². The van der Waals surface area contributed by atoms with Crippen LogP contribution < -0.4 is 5.32 Å². The maximum absolute atomic E-state index is 13.1. The molecule has 2 aromatic carbocycles. The molecule has 0 aliphatic heterocycles. The van der Waals surface area contributed by atoms with Gasteiger partial charge < -0.3 is 10.4 Å². The third-order valence-electron chi connectivity index (χ3n) is 6.79. The molecule has 1 fully saturated rings. The second-order valence-corrected chi connectivity index (χ2v) is 8.86. The monoisotopic (exact) mass is 416 g/mol. The Hall–Kier alpha value is -2.72. The maximum atomic E-state index is 13.1. The van der Waals surface area contributed by atoms with Crippen molar-refractivity contribution in [2.45, 2.75) is 51.4 Å². The molecule has 0 spiro atoms. The zero-order chi connectivity index (χ0) is 21.6. The first-order valence-corrected chi connectivity index (χ1v) is 11.5. The zero-order valence-electron chi connectivity index (χ0n) is 18.3. The summed E-state index contributed by atoms with van der Waals surface area (Å²) in [5.41, 5.74) is 4.47. The number of aromatic nitrogens is 1. The summed E-state index contributed by atoms with van der Waals surface area (Å²) in [6.45, 7) is 2.17. The minimum atomic E-state index is -0.0522. The number of pyridine rings is 1. The van der Waals surface area contributed by atoms with Gasteiger partial charge in [-0.3, -0.25) is 9.78 Å². The van der Waals surface area contributed by atoms with Gasteiger partial charge in [-0.05, 0) is 87.1 Å². The molecule has 0 radical (unpaired) electrons. The molecule has 0 bridgehead atoms. The topological polar surface area (TPSA) is 62.2 Å². The summed E-state index contributed by atoms with van der Waals surface area (Å²) in [5.74, 6) is 0.919. The van der Waals surface area contributed by atoms with E-state index in [1.165, 1.54) is 16.5 Å². The van der Waals surface area contributed by atoms with Crippen LogP contribution in [0.3, 0.4) is 0 Å². The minimum absolute atomic E-state index is 0.0522. The quantitative estimate of drug-likeness (QED) is 0.508. The number of aliphatic hydroxyl groups is 1. The smallest absolute Gasteiger partial charge is 0.227 e. The molecule has 31 heavy (non-hydrogen) atoms. The summed E-state index contributed by atoms with van der Waals surface area (Å²) in [6.07, 6.45) is 7.58. The van der Waals surface area contributed by atoms with Crippen LogP contribution in [0.4, 0.5) is 5.69 Å². The molecule has 1 aliphatic carbocycles. The number of hydrogen-bond acceptors (Lipinski definition) is 3. The van der Waals surface area contributed by atoms with Crippen molar-refractivity contribution in [1.82, 2.24) is 4.98 Å². The normalized spacial score (nSPS) is 19.8. The molecule has 1 atom stereocenters. The highest BCUT2D eigenvalue weighted by Crippen LogP contribution is 2.41. The summed E-state index contributed by atoms with van der Waals surface area (Å²) in [6, 6.07) is 18.5. The number of aliphatic hydroxyl groups excluding tert-OH is 1. The lowest BCUT2D eigenvalue weighted by molar-refractivity contribution is -0.122. The fourth-order valence-corrected chi connectivity index (χ4v) is 5.07. The molecule has 1 aliphatic rings. The van der Waals surface area contributed by atoms with Crippen molar-refractivity contribution in [2.24, 2.45) is 11.8 Å². The third-order valence-corrected chi connectivity index (χ3v) is 6.79. The number of para-hydroxylation sites is 1. The van der Waals surface area contributed by atoms with Gasteiger partial charge in [0.15, 0.2) is 0 Å². The Morgan fingerprint density at radius 3 is 2.55 bits per heavy atom. The third kappa shape index (κ3) is 5.13. The number of nitrogens with one attached hydrogen (secondary N) is 1. The van der Waals surface area contributed by atoms with Gasteiger partial charge in [0.1, 0.15) is 0 Å². The Bertz CT molecular complexity index is 1000. The fourth-order valence-electron chi connectivity index (χ4n) is 5.07. The Labute approximate surface area is 184 Å². The maximum Gasteiger partial charge on any atom is 0.227 e. The highest BCUT2D eigenvalue weighted by atomic mass is 16.3. The number of carbonyl (C=O) groups excluding carboxylic acids is 1. The van der Waals surface area contributed by atoms with E-state index in [-0.39, 0.29) is 18.4 Å². The lowest BCUT2D eigenvalue weighted by Gasteiger charge is -2.34. The lowest BCUT2D eigenvalue weighted by atomic mass is 9.72. The van der Waals surface area contributed by atoms with Gasteiger partial charge in [-0.15, -0.1) is 0 Å². The van der Waals surface area contributed by atoms with E-state index in [0.29, 0.717) is 18.3 Å². The molecule has 4 nitrogen and oxygen atoms in total. The molecule has 162 valence electrons. The van der Waals surface area contributed by atoms with Crippen LogP contribution in [0.2, 0.25) is 0 Å². The van der Waals surface area contributed by atoms with E-state index in [4.69, 9.17) is 0 Å². The van der Waals surface area contributed by atoms with Crippen LogP contribution in [-0.2, 0) is 4.79 Å². The van der Waals surface area contributed by atoms with Crippen LogP contribution >= 0.6 is 0 Å². The van der Waals surface area contributed by atoms with Crippen LogP contribution in [0, 0.1) is 18.8 Å². The molecule has 1 aromatic heterocycles. The average Bonchev–Trinajstić information content (AvgIpc) is 2.81. The van der Waals surface area contributed by atoms with E-state index in [2.05, 4.69) is 34.6 Å². The Morgan fingerprint density at radius 2 is 1.81 bits per heavy atom. The number of anilines is 1. The molecular formula is C27H32N2O2. The van der Waals surface area contributed by atoms with E-state index in [1.807, 2.05) is 43.5 Å². The van der Waals surface area contributed by atoms with E-state index in [0.717, 1.165) is 43.3 Å². The fraction of sp³-hybridized carbons (Fsp3) is 0.407. The van der Waals surface area contributed by atoms with Crippen molar-refractivity contribution in [3.05, 3.63) is 71.9 Å². The minimum Gasteiger partial charge on any atom is -0.396 e. The molecule has 1 heterocycles. The summed E-state index contributed by atoms with van der Waals surface area (Å²) >= 11 is 0. The van der Waals surface area contributed by atoms with Gasteiger partial charge in [0, 0.05) is 29.8 Å². The predicted octanol–water partition coefficient (Wildman–Crippen LogP) is 5.84. The number of benzene rings is 2. The molecule has 0 saturated heterocycles. The van der Waals surface area contributed by atoms with Gasteiger partial charge in [0.25, 0.3) is 0 Å². The van der Waals surface area contributed by atoms with Crippen LogP contribution in [0.1, 0.15) is 55.6 Å². The molecule has 4 heteroatoms. The number of carbonyl (C=O) groups is 1. The number of hydrogen-bond donors (Lipinski definition) is 2. The highest BCUT2D eigenvalue weighted by Gasteiger charge is 2.32. The van der Waals surface area contributed by atoms with Crippen LogP contribution in [0.15, 0.2) is 60.8 Å². The zero-order valence-corrected chi connectivity index (χ0v) is 18.3. The lowest BCUT2D eigenvalue weighted by Crippen LogP contribution is -2.32. The summed E-state index contributed by atoms with van der Waals surface area (Å²) in [5, 5.41) is 13.7. The number of nitrogens with zero attached hydrogens (tertiary/aromatic N) is 1. The average molecular weight is 417 g/mol. The SMILES string of the molecule is Cc1ccc(NC(=O)[C@H](CCCO)[C@H]2CC[C@@H](c3ccnc4ccccc43)CC2)cc1. The van der Waals surface area contributed by atoms with Crippen molar-refractivity contribution in [2.75, 3.05) is 11.9 Å². The first-order chi connectivity index (χ1) is 15.2. The first kappa shape index (κ1) is 21.5. The van der Waals surface area contributed by atoms with Crippen LogP contribution in [0.25, 0.3) is 10.9 Å². The number of amides is 1. The van der Waals surface area contributed by atoms with E-state index in [9.17, 15) is 9.90 Å². The van der Waals surface area contributed by atoms with E-state index in [1.54, 1.807) is 0 Å².